The molecule has 102 valence electrons. The van der Waals surface area contributed by atoms with Crippen molar-refractivity contribution in [2.75, 3.05) is 0 Å². The van der Waals surface area contributed by atoms with Crippen LogP contribution in [0, 0.1) is 6.92 Å². The molecule has 0 bridgehead atoms. The van der Waals surface area contributed by atoms with Gasteiger partial charge in [0.2, 0.25) is 0 Å². The van der Waals surface area contributed by atoms with Gasteiger partial charge in [0, 0.05) is 23.5 Å². The first-order valence-corrected chi connectivity index (χ1v) is 6.60. The molecule has 2 rings (SSSR count). The van der Waals surface area contributed by atoms with Gasteiger partial charge in [-0.1, -0.05) is 19.4 Å². The number of aliphatic carboxylic acids is 1. The summed E-state index contributed by atoms with van der Waals surface area (Å²) in [5.74, 6) is -0.960. The van der Waals surface area contributed by atoms with Crippen molar-refractivity contribution in [2.45, 2.75) is 39.2 Å². The number of rotatable bonds is 5. The Kier molecular flexibility index (Phi) is 3.90. The molecule has 19 heavy (non-hydrogen) atoms. The summed E-state index contributed by atoms with van der Waals surface area (Å²) in [6.45, 7) is 4.21. The molecule has 0 saturated carbocycles. The molecule has 0 saturated heterocycles. The topological polar surface area (TPSA) is 79.1 Å². The molecule has 4 heteroatoms. The number of carboxylic acids is 1. The van der Waals surface area contributed by atoms with Crippen molar-refractivity contribution in [1.29, 1.82) is 0 Å². The molecular formula is C15H20N2O2. The van der Waals surface area contributed by atoms with Crippen LogP contribution in [0.25, 0.3) is 10.9 Å². The number of H-pyrrole nitrogens is 1. The van der Waals surface area contributed by atoms with Crippen LogP contribution in [0.3, 0.4) is 0 Å². The zero-order valence-corrected chi connectivity index (χ0v) is 11.4. The monoisotopic (exact) mass is 260 g/mol. The number of nitrogens with one attached hydrogen (secondary N) is 1. The number of aromatic nitrogens is 1. The van der Waals surface area contributed by atoms with Gasteiger partial charge < -0.3 is 15.8 Å². The minimum atomic E-state index is -0.960. The summed E-state index contributed by atoms with van der Waals surface area (Å²) in [5.41, 5.74) is 10.2. The third-order valence-corrected chi connectivity index (χ3v) is 3.36. The van der Waals surface area contributed by atoms with Crippen molar-refractivity contribution in [3.63, 3.8) is 0 Å². The maximum Gasteiger partial charge on any atom is 0.320 e. The molecule has 4 nitrogen and oxygen atoms in total. The van der Waals surface area contributed by atoms with Crippen molar-refractivity contribution in [3.05, 3.63) is 35.0 Å². The van der Waals surface area contributed by atoms with E-state index in [-0.39, 0.29) is 0 Å². The Balaban J connectivity index is 2.47. The van der Waals surface area contributed by atoms with Crippen molar-refractivity contribution in [2.24, 2.45) is 5.73 Å². The Morgan fingerprint density at radius 3 is 2.79 bits per heavy atom. The smallest absolute Gasteiger partial charge is 0.320 e. The number of aryl methyl sites for hydroxylation is 2. The molecule has 2 aromatic rings. The first-order valence-electron chi connectivity index (χ1n) is 6.60. The van der Waals surface area contributed by atoms with E-state index in [0.717, 1.165) is 29.3 Å². The Bertz CT molecular complexity index is 601. The van der Waals surface area contributed by atoms with Gasteiger partial charge in [0.05, 0.1) is 0 Å². The Morgan fingerprint density at radius 2 is 2.16 bits per heavy atom. The molecule has 4 N–H and O–H groups in total. The highest BCUT2D eigenvalue weighted by atomic mass is 16.4. The summed E-state index contributed by atoms with van der Waals surface area (Å²) in [7, 11) is 0. The highest BCUT2D eigenvalue weighted by Crippen LogP contribution is 2.26. The molecule has 1 aromatic carbocycles. The van der Waals surface area contributed by atoms with E-state index in [1.54, 1.807) is 0 Å². The lowest BCUT2D eigenvalue weighted by molar-refractivity contribution is -0.138. The molecule has 0 amide bonds. The third-order valence-electron chi connectivity index (χ3n) is 3.36. The van der Waals surface area contributed by atoms with E-state index >= 15 is 0 Å². The molecule has 0 aliphatic carbocycles. The van der Waals surface area contributed by atoms with Gasteiger partial charge in [0.25, 0.3) is 0 Å². The summed E-state index contributed by atoms with van der Waals surface area (Å²) in [6, 6.07) is 3.41. The maximum atomic E-state index is 10.9. The van der Waals surface area contributed by atoms with Crippen LogP contribution in [0.4, 0.5) is 0 Å². The molecule has 1 aromatic heterocycles. The number of benzene rings is 1. The maximum absolute atomic E-state index is 10.9. The average Bonchev–Trinajstić information content (AvgIpc) is 2.72. The fourth-order valence-corrected chi connectivity index (χ4v) is 2.54. The number of hydrogen-bond acceptors (Lipinski definition) is 2. The molecule has 0 radical (unpaired) electrons. The number of aromatic amines is 1. The lowest BCUT2D eigenvalue weighted by Crippen LogP contribution is -2.32. The summed E-state index contributed by atoms with van der Waals surface area (Å²) in [4.78, 5) is 14.1. The third kappa shape index (κ3) is 2.79. The zero-order chi connectivity index (χ0) is 14.0. The van der Waals surface area contributed by atoms with Crippen LogP contribution in [-0.2, 0) is 17.6 Å². The van der Waals surface area contributed by atoms with Crippen LogP contribution in [0.2, 0.25) is 0 Å². The molecule has 0 fully saturated rings. The fraction of sp³-hybridized carbons (Fsp3) is 0.400. The lowest BCUT2D eigenvalue weighted by Gasteiger charge is -2.09. The first kappa shape index (κ1) is 13.6. The minimum Gasteiger partial charge on any atom is -0.480 e. The summed E-state index contributed by atoms with van der Waals surface area (Å²) in [6.07, 6.45) is 4.29. The standard InChI is InChI=1S/C15H20N2O2/c1-3-4-10-5-9(2)6-13-14(10)11(8-17-13)7-12(16)15(18)19/h5-6,8,12,17H,3-4,7,16H2,1-2H3,(H,18,19)/t12-/m0/s1. The molecule has 0 unspecified atom stereocenters. The molecule has 0 aliphatic heterocycles. The SMILES string of the molecule is CCCc1cc(C)cc2[nH]cc(C[C@H](N)C(=O)O)c12. The largest absolute Gasteiger partial charge is 0.480 e. The van der Waals surface area contributed by atoms with Crippen LogP contribution in [0.5, 0.6) is 0 Å². The van der Waals surface area contributed by atoms with Gasteiger partial charge in [-0.15, -0.1) is 0 Å². The predicted molar refractivity (Wildman–Crippen MR) is 76.3 cm³/mol. The van der Waals surface area contributed by atoms with Gasteiger partial charge in [-0.2, -0.15) is 0 Å². The van der Waals surface area contributed by atoms with E-state index in [1.165, 1.54) is 11.1 Å². The van der Waals surface area contributed by atoms with E-state index in [4.69, 9.17) is 10.8 Å². The van der Waals surface area contributed by atoms with Gasteiger partial charge in [0.1, 0.15) is 6.04 Å². The highest BCUT2D eigenvalue weighted by Gasteiger charge is 2.16. The number of hydrogen-bond donors (Lipinski definition) is 3. The van der Waals surface area contributed by atoms with Gasteiger partial charge in [-0.25, -0.2) is 0 Å². The minimum absolute atomic E-state index is 0.356. The summed E-state index contributed by atoms with van der Waals surface area (Å²) < 4.78 is 0. The van der Waals surface area contributed by atoms with Crippen molar-refractivity contribution >= 4 is 16.9 Å². The Labute approximate surface area is 112 Å². The summed E-state index contributed by atoms with van der Waals surface area (Å²) >= 11 is 0. The van der Waals surface area contributed by atoms with Crippen LogP contribution in [0.15, 0.2) is 18.3 Å². The highest BCUT2D eigenvalue weighted by molar-refractivity contribution is 5.88. The van der Waals surface area contributed by atoms with Crippen LogP contribution in [0.1, 0.15) is 30.0 Å². The molecule has 0 aliphatic rings. The quantitative estimate of drug-likeness (QED) is 0.772. The normalized spacial score (nSPS) is 12.8. The van der Waals surface area contributed by atoms with E-state index in [9.17, 15) is 4.79 Å². The predicted octanol–water partition coefficient (Wildman–Crippen LogP) is 2.38. The second kappa shape index (κ2) is 5.45. The van der Waals surface area contributed by atoms with Crippen LogP contribution >= 0.6 is 0 Å². The number of nitrogens with two attached hydrogens (primary N) is 1. The van der Waals surface area contributed by atoms with Gasteiger partial charge in [-0.3, -0.25) is 4.79 Å². The van der Waals surface area contributed by atoms with Crippen molar-refractivity contribution < 1.29 is 9.90 Å². The summed E-state index contributed by atoms with van der Waals surface area (Å²) in [5, 5.41) is 10.1. The molecular weight excluding hydrogens is 240 g/mol. The zero-order valence-electron chi connectivity index (χ0n) is 11.4. The molecule has 1 heterocycles. The number of carboxylic acid groups (broad SMARTS) is 1. The van der Waals surface area contributed by atoms with Crippen molar-refractivity contribution in [3.8, 4) is 0 Å². The molecule has 0 spiro atoms. The van der Waals surface area contributed by atoms with E-state index in [1.807, 2.05) is 6.20 Å². The van der Waals surface area contributed by atoms with Crippen molar-refractivity contribution in [1.82, 2.24) is 4.98 Å². The van der Waals surface area contributed by atoms with E-state index in [0.29, 0.717) is 6.42 Å². The Morgan fingerprint density at radius 1 is 1.42 bits per heavy atom. The number of fused-ring (bicyclic) bond motifs is 1. The average molecular weight is 260 g/mol. The second-order valence-corrected chi connectivity index (χ2v) is 5.06. The van der Waals surface area contributed by atoms with Crippen LogP contribution in [-0.4, -0.2) is 22.1 Å². The van der Waals surface area contributed by atoms with E-state index < -0.39 is 12.0 Å². The lowest BCUT2D eigenvalue weighted by atomic mass is 9.97. The van der Waals surface area contributed by atoms with E-state index in [2.05, 4.69) is 31.0 Å². The van der Waals surface area contributed by atoms with Gasteiger partial charge >= 0.3 is 5.97 Å². The fourth-order valence-electron chi connectivity index (χ4n) is 2.54. The number of carbonyl (C=O) groups is 1. The molecule has 1 atom stereocenters. The van der Waals surface area contributed by atoms with Gasteiger partial charge in [-0.05, 0) is 36.1 Å². The van der Waals surface area contributed by atoms with Crippen LogP contribution < -0.4 is 5.73 Å². The Hall–Kier alpha value is -1.81. The van der Waals surface area contributed by atoms with Gasteiger partial charge in [0.15, 0.2) is 0 Å². The first-order chi connectivity index (χ1) is 9.02. The second-order valence-electron chi connectivity index (χ2n) is 5.06.